The van der Waals surface area contributed by atoms with Crippen molar-refractivity contribution >= 4 is 15.2 Å². The van der Waals surface area contributed by atoms with Crippen LogP contribution >= 0.6 is 15.2 Å². The molecule has 0 bridgehead atoms. The number of hydrogen-bond donors (Lipinski definition) is 0. The molecule has 0 N–H and O–H groups in total. The highest BCUT2D eigenvalue weighted by Crippen LogP contribution is 2.61. The minimum absolute atomic E-state index is 0.0226. The Labute approximate surface area is 702 Å². The molecule has 0 heterocycles. The fourth-order valence-corrected chi connectivity index (χ4v) is 19.5. The van der Waals surface area contributed by atoms with Gasteiger partial charge in [-0.05, 0) is 32.1 Å². The summed E-state index contributed by atoms with van der Waals surface area (Å²) < 4.78 is 114. The van der Waals surface area contributed by atoms with Crippen molar-refractivity contribution in [1.29, 1.82) is 0 Å². The molecule has 0 aliphatic heterocycles. The van der Waals surface area contributed by atoms with Crippen molar-refractivity contribution in [2.75, 3.05) is 165 Å². The number of methoxy groups -OCH3 is 1. The first-order valence-electron chi connectivity index (χ1n) is 49.4. The van der Waals surface area contributed by atoms with Gasteiger partial charge in [-0.2, -0.15) is 0 Å². The molecule has 0 aromatic heterocycles. The molecule has 0 spiro atoms. The van der Waals surface area contributed by atoms with Crippen LogP contribution in [-0.4, -0.2) is 171 Å². The van der Waals surface area contributed by atoms with Crippen LogP contribution in [0, 0.1) is 0 Å². The molecule has 680 valence electrons. The van der Waals surface area contributed by atoms with Crippen LogP contribution < -0.4 is 0 Å². The maximum absolute atomic E-state index is 15.9. The Bertz CT molecular complexity index is 1740. The largest absolute Gasteiger partial charge is 0.382 e. The highest BCUT2D eigenvalue weighted by molar-refractivity contribution is 7.58. The van der Waals surface area contributed by atoms with Gasteiger partial charge < -0.3 is 65.5 Å². The van der Waals surface area contributed by atoms with Crippen molar-refractivity contribution in [2.45, 2.75) is 451 Å². The molecular formula is C95H194O16P2. The van der Waals surface area contributed by atoms with Gasteiger partial charge in [0.15, 0.2) is 0 Å². The molecule has 0 aliphatic rings. The second kappa shape index (κ2) is 99.0. The highest BCUT2D eigenvalue weighted by Gasteiger charge is 2.42. The quantitative estimate of drug-likeness (QED) is 0.0417. The van der Waals surface area contributed by atoms with Crippen LogP contribution in [0.15, 0.2) is 0 Å². The first kappa shape index (κ1) is 113. The molecule has 18 heteroatoms. The standard InChI is InChI=1S/C95H194O16P2/c1-6-10-14-18-22-26-30-34-38-42-46-50-54-58-62-66-71-108-112(96,109-72-67-63-59-55-51-47-43-39-35-31-27-23-19-15-11-7-2)94-95(70-75-99-78-79-101-82-83-103-86-87-105-90-91-107-93-92-106-89-88-104-85-84-102-81-80-100-77-76-98-5)113(97,110-73-68-64-60-56-52-48-44-40-36-32-28-24-20-16-12-8-3)111-74-69-65-61-57-53-49-45-41-37-33-29-25-21-17-13-9-4/h95H,6-94H2,1-5H3. The fraction of sp³-hybridized carbons (Fsp3) is 1.00. The third-order valence-electron chi connectivity index (χ3n) is 22.0. The van der Waals surface area contributed by atoms with Gasteiger partial charge in [0.1, 0.15) is 0 Å². The third kappa shape index (κ3) is 91.0. The van der Waals surface area contributed by atoms with Crippen molar-refractivity contribution in [2.24, 2.45) is 0 Å². The van der Waals surface area contributed by atoms with Gasteiger partial charge in [-0.15, -0.1) is 0 Å². The van der Waals surface area contributed by atoms with Crippen molar-refractivity contribution in [3.05, 3.63) is 0 Å². The summed E-state index contributed by atoms with van der Waals surface area (Å²) in [6, 6.07) is 0. The van der Waals surface area contributed by atoms with Gasteiger partial charge in [0.05, 0.1) is 157 Å². The average molecular weight is 1650 g/mol. The van der Waals surface area contributed by atoms with Gasteiger partial charge in [-0.1, -0.05) is 413 Å². The second-order valence-corrected chi connectivity index (χ2v) is 37.3. The molecule has 0 saturated carbocycles. The topological polar surface area (TPSA) is 163 Å². The predicted octanol–water partition coefficient (Wildman–Crippen LogP) is 29.0. The third-order valence-corrected chi connectivity index (χ3v) is 26.7. The maximum Gasteiger partial charge on any atom is 0.334 e. The van der Waals surface area contributed by atoms with Gasteiger partial charge >= 0.3 is 15.2 Å². The fourth-order valence-electron chi connectivity index (χ4n) is 14.6. The molecule has 16 nitrogen and oxygen atoms in total. The van der Waals surface area contributed by atoms with E-state index in [1.807, 2.05) is 0 Å². The molecule has 0 fully saturated rings. The monoisotopic (exact) mass is 1650 g/mol. The Balaban J connectivity index is 5.92. The van der Waals surface area contributed by atoms with Crippen LogP contribution in [0.25, 0.3) is 0 Å². The van der Waals surface area contributed by atoms with Crippen LogP contribution in [0.1, 0.15) is 445 Å². The molecule has 0 rings (SSSR count). The highest BCUT2D eigenvalue weighted by atomic mass is 31.2. The summed E-state index contributed by atoms with van der Waals surface area (Å²) in [4.78, 5) is 0. The van der Waals surface area contributed by atoms with E-state index < -0.39 is 20.9 Å². The van der Waals surface area contributed by atoms with E-state index in [0.717, 1.165) is 77.0 Å². The molecular weight excluding hydrogens is 1460 g/mol. The maximum atomic E-state index is 15.9. The minimum atomic E-state index is -3.86. The van der Waals surface area contributed by atoms with E-state index in [-0.39, 0.29) is 12.8 Å². The number of hydrogen-bond acceptors (Lipinski definition) is 16. The van der Waals surface area contributed by atoms with E-state index in [1.165, 1.54) is 334 Å². The van der Waals surface area contributed by atoms with Gasteiger partial charge in [0.2, 0.25) is 0 Å². The Hall–Kier alpha value is -0.100. The van der Waals surface area contributed by atoms with Crippen LogP contribution in [-0.2, 0) is 74.6 Å². The summed E-state index contributed by atoms with van der Waals surface area (Å²) in [5.74, 6) is 0. The lowest BCUT2D eigenvalue weighted by Gasteiger charge is -2.30. The van der Waals surface area contributed by atoms with Crippen LogP contribution in [0.4, 0.5) is 0 Å². The SMILES string of the molecule is CCCCCCCCCCCCCCCCCCOP(=O)(CC(CCOCCOCCOCCOCCOCCOCCOCCOCCOCCOC)P(=O)(OCCCCCCCCCCCCCCCCCC)OCCCCCCCCCCCCCCCCCC)OCCCCCCCCCCCCCCCCCC. The first-order valence-corrected chi connectivity index (χ1v) is 52.7. The molecule has 0 radical (unpaired) electrons. The van der Waals surface area contributed by atoms with E-state index >= 15 is 9.13 Å². The van der Waals surface area contributed by atoms with E-state index in [0.29, 0.717) is 152 Å². The number of unbranched alkanes of at least 4 members (excludes halogenated alkanes) is 60. The van der Waals surface area contributed by atoms with Crippen LogP contribution in [0.2, 0.25) is 0 Å². The van der Waals surface area contributed by atoms with Gasteiger partial charge in [0.25, 0.3) is 0 Å². The van der Waals surface area contributed by atoms with Crippen molar-refractivity contribution in [3.8, 4) is 0 Å². The Kier molecular flexibility index (Phi) is 98.9. The zero-order valence-corrected chi connectivity index (χ0v) is 77.7. The van der Waals surface area contributed by atoms with Crippen LogP contribution in [0.5, 0.6) is 0 Å². The van der Waals surface area contributed by atoms with Crippen molar-refractivity contribution in [3.63, 3.8) is 0 Å². The molecule has 113 heavy (non-hydrogen) atoms. The minimum Gasteiger partial charge on any atom is -0.382 e. The molecule has 1 atom stereocenters. The lowest BCUT2D eigenvalue weighted by molar-refractivity contribution is -0.0259. The molecule has 0 aliphatic carbocycles. The molecule has 0 aromatic carbocycles. The Morgan fingerprint density at radius 3 is 0.504 bits per heavy atom. The lowest BCUT2D eigenvalue weighted by Crippen LogP contribution is -2.23. The Morgan fingerprint density at radius 1 is 0.177 bits per heavy atom. The molecule has 0 saturated heterocycles. The van der Waals surface area contributed by atoms with E-state index in [1.54, 1.807) is 7.11 Å². The van der Waals surface area contributed by atoms with Crippen molar-refractivity contribution in [1.82, 2.24) is 0 Å². The predicted molar refractivity (Wildman–Crippen MR) is 480 cm³/mol. The summed E-state index contributed by atoms with van der Waals surface area (Å²) in [6.07, 6.45) is 82.4. The summed E-state index contributed by atoms with van der Waals surface area (Å²) in [5, 5.41) is 0. The van der Waals surface area contributed by atoms with Gasteiger partial charge in [0, 0.05) is 13.7 Å². The van der Waals surface area contributed by atoms with Crippen LogP contribution in [0.3, 0.4) is 0 Å². The summed E-state index contributed by atoms with van der Waals surface area (Å²) in [5.41, 5.74) is -0.722. The summed E-state index contributed by atoms with van der Waals surface area (Å²) >= 11 is 0. The first-order chi connectivity index (χ1) is 55.9. The Morgan fingerprint density at radius 2 is 0.327 bits per heavy atom. The lowest BCUT2D eigenvalue weighted by atomic mass is 10.0. The molecule has 0 amide bonds. The smallest absolute Gasteiger partial charge is 0.334 e. The van der Waals surface area contributed by atoms with E-state index in [9.17, 15) is 0 Å². The van der Waals surface area contributed by atoms with Crippen molar-refractivity contribution < 1.29 is 74.6 Å². The average Bonchev–Trinajstić information content (AvgIpc) is 0.818. The summed E-state index contributed by atoms with van der Waals surface area (Å²) in [7, 11) is -5.96. The second-order valence-electron chi connectivity index (χ2n) is 32.8. The normalized spacial score (nSPS) is 12.4. The van der Waals surface area contributed by atoms with Gasteiger partial charge in [-0.25, -0.2) is 0 Å². The molecule has 0 aromatic rings. The number of ether oxygens (including phenoxy) is 10. The van der Waals surface area contributed by atoms with Gasteiger partial charge in [-0.3, -0.25) is 9.13 Å². The van der Waals surface area contributed by atoms with E-state index in [2.05, 4.69) is 27.7 Å². The zero-order chi connectivity index (χ0) is 81.4. The van der Waals surface area contributed by atoms with E-state index in [4.69, 9.17) is 65.5 Å². The number of rotatable bonds is 105. The zero-order valence-electron chi connectivity index (χ0n) is 75.9. The molecule has 1 unspecified atom stereocenters. The summed E-state index contributed by atoms with van der Waals surface area (Å²) in [6.45, 7) is 19.6.